The second kappa shape index (κ2) is 6.15. The second-order valence-corrected chi connectivity index (χ2v) is 4.10. The fourth-order valence-corrected chi connectivity index (χ4v) is 1.67. The van der Waals surface area contributed by atoms with Crippen molar-refractivity contribution in [3.8, 4) is 17.1 Å². The molecule has 100 valence electrons. The molecule has 0 radical (unpaired) electrons. The number of anilines is 1. The topological polar surface area (TPSA) is 67.3 Å². The monoisotopic (exact) mass is 259 g/mol. The summed E-state index contributed by atoms with van der Waals surface area (Å²) in [4.78, 5) is 8.78. The molecule has 0 saturated heterocycles. The van der Waals surface area contributed by atoms with Crippen molar-refractivity contribution in [3.63, 3.8) is 0 Å². The Kier molecular flexibility index (Phi) is 4.30. The largest absolute Gasteiger partial charge is 0.497 e. The molecule has 2 rings (SSSR count). The van der Waals surface area contributed by atoms with Gasteiger partial charge in [-0.15, -0.1) is 0 Å². The minimum absolute atomic E-state index is 0.0707. The van der Waals surface area contributed by atoms with Gasteiger partial charge in [-0.3, -0.25) is 0 Å². The highest BCUT2D eigenvalue weighted by atomic mass is 16.5. The highest BCUT2D eigenvalue weighted by Crippen LogP contribution is 2.21. The lowest BCUT2D eigenvalue weighted by atomic mass is 10.2. The number of aliphatic hydroxyl groups excluding tert-OH is 1. The van der Waals surface area contributed by atoms with Crippen LogP contribution in [0.5, 0.6) is 5.75 Å². The summed E-state index contributed by atoms with van der Waals surface area (Å²) in [5.41, 5.74) is 1.87. The fourth-order valence-electron chi connectivity index (χ4n) is 1.67. The van der Waals surface area contributed by atoms with E-state index in [4.69, 9.17) is 9.84 Å². The maximum Gasteiger partial charge on any atom is 0.161 e. The number of methoxy groups -OCH3 is 1. The molecule has 0 bridgehead atoms. The van der Waals surface area contributed by atoms with E-state index in [2.05, 4.69) is 15.3 Å². The number of nitrogens with zero attached hydrogens (tertiary/aromatic N) is 2. The average molecular weight is 259 g/mol. The van der Waals surface area contributed by atoms with Crippen molar-refractivity contribution >= 4 is 5.82 Å². The molecule has 1 aromatic carbocycles. The zero-order valence-corrected chi connectivity index (χ0v) is 11.1. The van der Waals surface area contributed by atoms with Gasteiger partial charge in [-0.05, 0) is 31.2 Å². The molecule has 2 aromatic rings. The van der Waals surface area contributed by atoms with Gasteiger partial charge in [-0.1, -0.05) is 0 Å². The number of aryl methyl sites for hydroxylation is 1. The molecule has 5 heteroatoms. The van der Waals surface area contributed by atoms with Crippen LogP contribution in [0.25, 0.3) is 11.4 Å². The van der Waals surface area contributed by atoms with Gasteiger partial charge in [0.1, 0.15) is 11.6 Å². The van der Waals surface area contributed by atoms with Gasteiger partial charge in [-0.2, -0.15) is 0 Å². The molecule has 0 aliphatic carbocycles. The summed E-state index contributed by atoms with van der Waals surface area (Å²) in [6, 6.07) is 7.58. The van der Waals surface area contributed by atoms with E-state index in [0.29, 0.717) is 12.4 Å². The predicted molar refractivity (Wildman–Crippen MR) is 74.3 cm³/mol. The third-order valence-electron chi connectivity index (χ3n) is 2.72. The molecule has 2 N–H and O–H groups in total. The zero-order valence-electron chi connectivity index (χ0n) is 11.1. The third kappa shape index (κ3) is 3.20. The van der Waals surface area contributed by atoms with E-state index in [1.54, 1.807) is 13.3 Å². The van der Waals surface area contributed by atoms with Crippen LogP contribution in [0.15, 0.2) is 30.5 Å². The molecule has 19 heavy (non-hydrogen) atoms. The van der Waals surface area contributed by atoms with Gasteiger partial charge in [0, 0.05) is 23.9 Å². The minimum Gasteiger partial charge on any atom is -0.497 e. The van der Waals surface area contributed by atoms with Gasteiger partial charge in [-0.25, -0.2) is 9.97 Å². The Morgan fingerprint density at radius 3 is 2.63 bits per heavy atom. The molecule has 0 unspecified atom stereocenters. The van der Waals surface area contributed by atoms with Crippen LogP contribution in [-0.2, 0) is 0 Å². The number of rotatable bonds is 5. The lowest BCUT2D eigenvalue weighted by Crippen LogP contribution is -2.09. The first-order chi connectivity index (χ1) is 9.24. The number of aliphatic hydroxyl groups is 1. The van der Waals surface area contributed by atoms with Crippen LogP contribution < -0.4 is 10.1 Å². The second-order valence-electron chi connectivity index (χ2n) is 4.10. The Bertz CT molecular complexity index is 541. The molecule has 0 fully saturated rings. The fraction of sp³-hybridized carbons (Fsp3) is 0.286. The first-order valence-corrected chi connectivity index (χ1v) is 6.07. The summed E-state index contributed by atoms with van der Waals surface area (Å²) in [5, 5.41) is 11.9. The standard InChI is InChI=1S/C14H17N3O2/c1-10-9-16-14(17-13(10)15-7-8-18)11-3-5-12(19-2)6-4-11/h3-6,9,18H,7-8H2,1-2H3,(H,15,16,17). The van der Waals surface area contributed by atoms with Crippen molar-refractivity contribution in [1.29, 1.82) is 0 Å². The zero-order chi connectivity index (χ0) is 13.7. The minimum atomic E-state index is 0.0707. The molecule has 5 nitrogen and oxygen atoms in total. The van der Waals surface area contributed by atoms with Crippen LogP contribution in [0.3, 0.4) is 0 Å². The first kappa shape index (κ1) is 13.3. The maximum absolute atomic E-state index is 8.84. The van der Waals surface area contributed by atoms with Crippen LogP contribution in [0.2, 0.25) is 0 Å². The van der Waals surface area contributed by atoms with E-state index in [0.717, 1.165) is 22.7 Å². The van der Waals surface area contributed by atoms with Gasteiger partial charge in [0.25, 0.3) is 0 Å². The number of hydrogen-bond donors (Lipinski definition) is 2. The maximum atomic E-state index is 8.84. The predicted octanol–water partition coefficient (Wildman–Crippen LogP) is 1.86. The smallest absolute Gasteiger partial charge is 0.161 e. The molecule has 0 atom stereocenters. The molecule has 0 amide bonds. The van der Waals surface area contributed by atoms with E-state index >= 15 is 0 Å². The van der Waals surface area contributed by atoms with E-state index in [1.807, 2.05) is 31.2 Å². The van der Waals surface area contributed by atoms with Crippen LogP contribution >= 0.6 is 0 Å². The quantitative estimate of drug-likeness (QED) is 0.858. The lowest BCUT2D eigenvalue weighted by Gasteiger charge is -2.09. The molecule has 0 saturated carbocycles. The SMILES string of the molecule is COc1ccc(-c2ncc(C)c(NCCO)n2)cc1. The van der Waals surface area contributed by atoms with Crippen molar-refractivity contribution in [3.05, 3.63) is 36.0 Å². The number of ether oxygens (including phenoxy) is 1. The molecule has 1 aromatic heterocycles. The summed E-state index contributed by atoms with van der Waals surface area (Å²) < 4.78 is 5.12. The molecule has 0 aliphatic rings. The summed E-state index contributed by atoms with van der Waals surface area (Å²) >= 11 is 0. The van der Waals surface area contributed by atoms with E-state index in [1.165, 1.54) is 0 Å². The highest BCUT2D eigenvalue weighted by molar-refractivity contribution is 5.59. The van der Waals surface area contributed by atoms with Gasteiger partial charge in [0.2, 0.25) is 0 Å². The molecule has 1 heterocycles. The van der Waals surface area contributed by atoms with Crippen molar-refractivity contribution in [2.45, 2.75) is 6.92 Å². The molecule has 0 aliphatic heterocycles. The summed E-state index contributed by atoms with van der Waals surface area (Å²) in [6.07, 6.45) is 1.77. The number of hydrogen-bond acceptors (Lipinski definition) is 5. The van der Waals surface area contributed by atoms with Crippen molar-refractivity contribution in [2.75, 3.05) is 25.6 Å². The van der Waals surface area contributed by atoms with Gasteiger partial charge in [0.15, 0.2) is 5.82 Å². The first-order valence-electron chi connectivity index (χ1n) is 6.07. The average Bonchev–Trinajstić information content (AvgIpc) is 2.46. The Labute approximate surface area is 112 Å². The van der Waals surface area contributed by atoms with E-state index in [9.17, 15) is 0 Å². The third-order valence-corrected chi connectivity index (χ3v) is 2.72. The highest BCUT2D eigenvalue weighted by Gasteiger charge is 2.05. The van der Waals surface area contributed by atoms with Crippen LogP contribution in [-0.4, -0.2) is 35.3 Å². The lowest BCUT2D eigenvalue weighted by molar-refractivity contribution is 0.311. The summed E-state index contributed by atoms with van der Waals surface area (Å²) in [5.74, 6) is 2.19. The van der Waals surface area contributed by atoms with Crippen LogP contribution in [0.1, 0.15) is 5.56 Å². The molecular formula is C14H17N3O2. The van der Waals surface area contributed by atoms with Crippen molar-refractivity contribution in [1.82, 2.24) is 9.97 Å². The number of aromatic nitrogens is 2. The van der Waals surface area contributed by atoms with E-state index in [-0.39, 0.29) is 6.61 Å². The van der Waals surface area contributed by atoms with Gasteiger partial charge < -0.3 is 15.2 Å². The Hall–Kier alpha value is -2.14. The van der Waals surface area contributed by atoms with Gasteiger partial charge >= 0.3 is 0 Å². The normalized spacial score (nSPS) is 10.3. The Morgan fingerprint density at radius 1 is 1.26 bits per heavy atom. The Balaban J connectivity index is 2.28. The van der Waals surface area contributed by atoms with Crippen molar-refractivity contribution < 1.29 is 9.84 Å². The van der Waals surface area contributed by atoms with Crippen molar-refractivity contribution in [2.24, 2.45) is 0 Å². The summed E-state index contributed by atoms with van der Waals surface area (Å²) in [7, 11) is 1.63. The van der Waals surface area contributed by atoms with E-state index < -0.39 is 0 Å². The van der Waals surface area contributed by atoms with Crippen LogP contribution in [0.4, 0.5) is 5.82 Å². The molecule has 0 spiro atoms. The van der Waals surface area contributed by atoms with Crippen LogP contribution in [0, 0.1) is 6.92 Å². The Morgan fingerprint density at radius 2 is 2.00 bits per heavy atom. The number of nitrogens with one attached hydrogen (secondary N) is 1. The summed E-state index contributed by atoms with van der Waals surface area (Å²) in [6.45, 7) is 2.47. The van der Waals surface area contributed by atoms with Gasteiger partial charge in [0.05, 0.1) is 13.7 Å². The molecular weight excluding hydrogens is 242 g/mol. The number of benzene rings is 1.